The second-order valence-electron chi connectivity index (χ2n) is 5.77. The maximum absolute atomic E-state index is 12.6. The van der Waals surface area contributed by atoms with Crippen LogP contribution in [0.2, 0.25) is 0 Å². The van der Waals surface area contributed by atoms with Crippen LogP contribution in [0.15, 0.2) is 30.9 Å². The number of carbonyl (C=O) groups is 1. The SMILES string of the molecule is CCOc1ncccc1C(=O)N[C@H]1CCO[C@@H](c2cncn2C)C1. The largest absolute Gasteiger partial charge is 0.477 e. The molecule has 0 spiro atoms. The Morgan fingerprint density at radius 1 is 1.54 bits per heavy atom. The third-order valence-electron chi connectivity index (χ3n) is 4.10. The molecule has 128 valence electrons. The van der Waals surface area contributed by atoms with Crippen LogP contribution in [0.5, 0.6) is 5.88 Å². The number of aryl methyl sites for hydroxylation is 1. The van der Waals surface area contributed by atoms with Gasteiger partial charge in [0.2, 0.25) is 5.88 Å². The van der Waals surface area contributed by atoms with Gasteiger partial charge in [-0.1, -0.05) is 0 Å². The molecule has 0 aliphatic carbocycles. The monoisotopic (exact) mass is 330 g/mol. The molecule has 7 heteroatoms. The van der Waals surface area contributed by atoms with Crippen molar-refractivity contribution in [3.8, 4) is 5.88 Å². The van der Waals surface area contributed by atoms with E-state index in [9.17, 15) is 4.79 Å². The number of hydrogen-bond donors (Lipinski definition) is 1. The highest BCUT2D eigenvalue weighted by molar-refractivity contribution is 5.96. The maximum atomic E-state index is 12.6. The van der Waals surface area contributed by atoms with Gasteiger partial charge >= 0.3 is 0 Å². The number of rotatable bonds is 5. The highest BCUT2D eigenvalue weighted by Gasteiger charge is 2.27. The number of aromatic nitrogens is 3. The molecular weight excluding hydrogens is 308 g/mol. The second-order valence-corrected chi connectivity index (χ2v) is 5.77. The first-order valence-corrected chi connectivity index (χ1v) is 8.15. The minimum Gasteiger partial charge on any atom is -0.477 e. The molecule has 2 atom stereocenters. The topological polar surface area (TPSA) is 78.3 Å². The fourth-order valence-electron chi connectivity index (χ4n) is 2.89. The Balaban J connectivity index is 1.67. The average Bonchev–Trinajstić information content (AvgIpc) is 3.02. The van der Waals surface area contributed by atoms with Crippen LogP contribution in [0.3, 0.4) is 0 Å². The molecule has 1 fully saturated rings. The van der Waals surface area contributed by atoms with Gasteiger partial charge in [0.15, 0.2) is 0 Å². The molecule has 2 aromatic heterocycles. The van der Waals surface area contributed by atoms with E-state index in [1.54, 1.807) is 24.7 Å². The summed E-state index contributed by atoms with van der Waals surface area (Å²) in [4.78, 5) is 20.8. The van der Waals surface area contributed by atoms with Crippen molar-refractivity contribution in [1.82, 2.24) is 19.9 Å². The van der Waals surface area contributed by atoms with Crippen molar-refractivity contribution in [2.75, 3.05) is 13.2 Å². The number of carbonyl (C=O) groups excluding carboxylic acids is 1. The zero-order valence-electron chi connectivity index (χ0n) is 13.9. The van der Waals surface area contributed by atoms with Gasteiger partial charge in [-0.15, -0.1) is 0 Å². The zero-order valence-corrected chi connectivity index (χ0v) is 13.9. The van der Waals surface area contributed by atoms with E-state index in [0.717, 1.165) is 18.5 Å². The van der Waals surface area contributed by atoms with Gasteiger partial charge in [0.25, 0.3) is 5.91 Å². The first-order valence-electron chi connectivity index (χ1n) is 8.15. The van der Waals surface area contributed by atoms with E-state index in [1.807, 2.05) is 24.7 Å². The number of imidazole rings is 1. The van der Waals surface area contributed by atoms with Crippen LogP contribution >= 0.6 is 0 Å². The van der Waals surface area contributed by atoms with Crippen LogP contribution in [-0.2, 0) is 11.8 Å². The summed E-state index contributed by atoms with van der Waals surface area (Å²) in [5.74, 6) is 0.204. The predicted octanol–water partition coefficient (Wildman–Crippen LogP) is 1.86. The predicted molar refractivity (Wildman–Crippen MR) is 87.8 cm³/mol. The standard InChI is InChI=1S/C17H22N4O3/c1-3-23-17-13(5-4-7-19-17)16(22)20-12-6-8-24-15(9-12)14-10-18-11-21(14)2/h4-5,7,10-12,15H,3,6,8-9H2,1-2H3,(H,20,22)/t12-,15+/m0/s1. The third-order valence-corrected chi connectivity index (χ3v) is 4.10. The molecule has 0 aromatic carbocycles. The molecule has 24 heavy (non-hydrogen) atoms. The van der Waals surface area contributed by atoms with Gasteiger partial charge in [-0.25, -0.2) is 9.97 Å². The molecular formula is C17H22N4O3. The number of pyridine rings is 1. The van der Waals surface area contributed by atoms with Crippen molar-refractivity contribution in [2.24, 2.45) is 7.05 Å². The first kappa shape index (κ1) is 16.4. The summed E-state index contributed by atoms with van der Waals surface area (Å²) < 4.78 is 13.2. The van der Waals surface area contributed by atoms with E-state index in [1.165, 1.54) is 0 Å². The normalized spacial score (nSPS) is 20.6. The molecule has 0 radical (unpaired) electrons. The molecule has 7 nitrogen and oxygen atoms in total. The molecule has 1 aliphatic rings. The van der Waals surface area contributed by atoms with Gasteiger partial charge < -0.3 is 19.4 Å². The number of hydrogen-bond acceptors (Lipinski definition) is 5. The summed E-state index contributed by atoms with van der Waals surface area (Å²) in [6.45, 7) is 2.94. The molecule has 3 rings (SSSR count). The van der Waals surface area contributed by atoms with Crippen molar-refractivity contribution >= 4 is 5.91 Å². The number of ether oxygens (including phenoxy) is 2. The molecule has 0 bridgehead atoms. The van der Waals surface area contributed by atoms with Gasteiger partial charge in [-0.2, -0.15) is 0 Å². The molecule has 1 amide bonds. The highest BCUT2D eigenvalue weighted by Crippen LogP contribution is 2.28. The minimum atomic E-state index is -0.165. The lowest BCUT2D eigenvalue weighted by Crippen LogP contribution is -2.40. The first-order chi connectivity index (χ1) is 11.7. The van der Waals surface area contributed by atoms with Crippen LogP contribution in [-0.4, -0.2) is 39.7 Å². The number of nitrogens with zero attached hydrogens (tertiary/aromatic N) is 3. The number of nitrogens with one attached hydrogen (secondary N) is 1. The molecule has 1 saturated heterocycles. The van der Waals surface area contributed by atoms with Crippen LogP contribution < -0.4 is 10.1 Å². The fraction of sp³-hybridized carbons (Fsp3) is 0.471. The Morgan fingerprint density at radius 2 is 2.42 bits per heavy atom. The van der Waals surface area contributed by atoms with Crippen molar-refractivity contribution < 1.29 is 14.3 Å². The van der Waals surface area contributed by atoms with Gasteiger partial charge in [0, 0.05) is 25.9 Å². The van der Waals surface area contributed by atoms with E-state index in [0.29, 0.717) is 24.7 Å². The molecule has 0 saturated carbocycles. The van der Waals surface area contributed by atoms with E-state index < -0.39 is 0 Å². The summed E-state index contributed by atoms with van der Waals surface area (Å²) in [6, 6.07) is 3.51. The van der Waals surface area contributed by atoms with Crippen molar-refractivity contribution in [1.29, 1.82) is 0 Å². The summed E-state index contributed by atoms with van der Waals surface area (Å²) in [6.07, 6.45) is 6.62. The minimum absolute atomic E-state index is 0.0424. The van der Waals surface area contributed by atoms with E-state index in [4.69, 9.17) is 9.47 Å². The van der Waals surface area contributed by atoms with Crippen molar-refractivity contribution in [3.63, 3.8) is 0 Å². The third kappa shape index (κ3) is 3.56. The Kier molecular flexibility index (Phi) is 5.10. The van der Waals surface area contributed by atoms with Gasteiger partial charge in [-0.05, 0) is 31.9 Å². The molecule has 3 heterocycles. The van der Waals surface area contributed by atoms with Crippen molar-refractivity contribution in [2.45, 2.75) is 31.9 Å². The number of amides is 1. The van der Waals surface area contributed by atoms with Crippen LogP contribution in [0.4, 0.5) is 0 Å². The second kappa shape index (κ2) is 7.44. The Bertz CT molecular complexity index is 701. The van der Waals surface area contributed by atoms with Crippen molar-refractivity contribution in [3.05, 3.63) is 42.1 Å². The summed E-state index contributed by atoms with van der Waals surface area (Å²) in [7, 11) is 1.94. The lowest BCUT2D eigenvalue weighted by Gasteiger charge is -2.30. The van der Waals surface area contributed by atoms with Crippen LogP contribution in [0, 0.1) is 0 Å². The quantitative estimate of drug-likeness (QED) is 0.905. The van der Waals surface area contributed by atoms with Gasteiger partial charge in [0.1, 0.15) is 11.7 Å². The van der Waals surface area contributed by atoms with E-state index in [2.05, 4.69) is 15.3 Å². The smallest absolute Gasteiger partial charge is 0.256 e. The lowest BCUT2D eigenvalue weighted by molar-refractivity contribution is -0.00303. The summed E-state index contributed by atoms with van der Waals surface area (Å²) in [5, 5.41) is 3.08. The van der Waals surface area contributed by atoms with E-state index in [-0.39, 0.29) is 18.1 Å². The molecule has 2 aromatic rings. The average molecular weight is 330 g/mol. The molecule has 1 N–H and O–H groups in total. The molecule has 1 aliphatic heterocycles. The van der Waals surface area contributed by atoms with Crippen LogP contribution in [0.1, 0.15) is 41.9 Å². The van der Waals surface area contributed by atoms with E-state index >= 15 is 0 Å². The molecule has 0 unspecified atom stereocenters. The Labute approximate surface area is 141 Å². The van der Waals surface area contributed by atoms with Crippen LogP contribution in [0.25, 0.3) is 0 Å². The Morgan fingerprint density at radius 3 is 3.17 bits per heavy atom. The Hall–Kier alpha value is -2.41. The summed E-state index contributed by atoms with van der Waals surface area (Å²) in [5.41, 5.74) is 1.48. The van der Waals surface area contributed by atoms with Gasteiger partial charge in [0.05, 0.1) is 24.8 Å². The van der Waals surface area contributed by atoms with Gasteiger partial charge in [-0.3, -0.25) is 4.79 Å². The highest BCUT2D eigenvalue weighted by atomic mass is 16.5. The zero-order chi connectivity index (χ0) is 16.9. The summed E-state index contributed by atoms with van der Waals surface area (Å²) >= 11 is 0. The maximum Gasteiger partial charge on any atom is 0.256 e. The fourth-order valence-corrected chi connectivity index (χ4v) is 2.89. The lowest BCUT2D eigenvalue weighted by atomic mass is 10.0.